The molecule has 3 rings (SSSR count). The van der Waals surface area contributed by atoms with Gasteiger partial charge in [0.2, 0.25) is 5.78 Å². The van der Waals surface area contributed by atoms with E-state index in [0.29, 0.717) is 19.4 Å². The number of hydrogen-bond donors (Lipinski definition) is 1. The topological polar surface area (TPSA) is 46.5 Å². The maximum absolute atomic E-state index is 12.0. The molecule has 0 radical (unpaired) electrons. The van der Waals surface area contributed by atoms with Crippen LogP contribution in [0.25, 0.3) is 0 Å². The van der Waals surface area contributed by atoms with Gasteiger partial charge in [0.05, 0.1) is 6.61 Å². The van der Waals surface area contributed by atoms with Crippen LogP contribution in [0.5, 0.6) is 0 Å². The van der Waals surface area contributed by atoms with Crippen molar-refractivity contribution in [3.8, 4) is 11.8 Å². The van der Waals surface area contributed by atoms with Crippen molar-refractivity contribution in [1.29, 1.82) is 0 Å². The molecule has 1 N–H and O–H groups in total. The van der Waals surface area contributed by atoms with Crippen LogP contribution in [0.1, 0.15) is 48.8 Å². The van der Waals surface area contributed by atoms with Crippen LogP contribution in [-0.2, 0) is 15.1 Å². The van der Waals surface area contributed by atoms with Gasteiger partial charge < -0.3 is 9.84 Å². The molecule has 0 aliphatic heterocycles. The molecule has 0 aromatic heterocycles. The Labute approximate surface area is 191 Å². The highest BCUT2D eigenvalue weighted by Gasteiger charge is 2.37. The molecule has 0 aliphatic carbocycles. The summed E-state index contributed by atoms with van der Waals surface area (Å²) in [6.45, 7) is 0.562. The molecule has 3 aromatic rings. The summed E-state index contributed by atoms with van der Waals surface area (Å²) in [5.74, 6) is 5.66. The van der Waals surface area contributed by atoms with Crippen molar-refractivity contribution in [3.05, 3.63) is 108 Å². The summed E-state index contributed by atoms with van der Waals surface area (Å²) in [5.41, 5.74) is 2.38. The minimum absolute atomic E-state index is 0.0524. The fraction of sp³-hybridized carbons (Fsp3) is 0.276. The Kier molecular flexibility index (Phi) is 9.25. The van der Waals surface area contributed by atoms with E-state index < -0.39 is 5.60 Å². The Bertz CT molecular complexity index is 905. The van der Waals surface area contributed by atoms with E-state index in [0.717, 1.165) is 36.0 Å². The highest BCUT2D eigenvalue weighted by atomic mass is 16.5. The number of hydrogen-bond acceptors (Lipinski definition) is 3. The normalized spacial score (nSPS) is 10.9. The van der Waals surface area contributed by atoms with Crippen molar-refractivity contribution >= 4 is 5.78 Å². The highest BCUT2D eigenvalue weighted by Crippen LogP contribution is 2.40. The van der Waals surface area contributed by atoms with Crippen LogP contribution in [0.4, 0.5) is 0 Å². The van der Waals surface area contributed by atoms with Gasteiger partial charge in [-0.2, -0.15) is 0 Å². The zero-order chi connectivity index (χ0) is 22.5. The monoisotopic (exact) mass is 426 g/mol. The number of rotatable bonds is 11. The van der Waals surface area contributed by atoms with Gasteiger partial charge in [-0.1, -0.05) is 103 Å². The van der Waals surface area contributed by atoms with Gasteiger partial charge in [0.1, 0.15) is 5.60 Å². The quantitative estimate of drug-likeness (QED) is 0.190. The standard InChI is InChI=1S/C29H30O3/c30-23-13-4-11-21-28(31)22-12-14-24-32-29(25-15-5-1-6-16-25,26-17-7-2-8-18-26)27-19-9-3-10-20-27/h1-3,5-10,15-20,30H,4,11,13-14,21,23-24H2. The van der Waals surface area contributed by atoms with E-state index in [4.69, 9.17) is 9.84 Å². The molecule has 0 heterocycles. The number of unbranched alkanes of at least 4 members (excludes halogenated alkanes) is 2. The largest absolute Gasteiger partial charge is 0.396 e. The molecule has 0 bridgehead atoms. The molecule has 3 heteroatoms. The van der Waals surface area contributed by atoms with Gasteiger partial charge in [-0.3, -0.25) is 4.79 Å². The van der Waals surface area contributed by atoms with Gasteiger partial charge in [0.25, 0.3) is 0 Å². The van der Waals surface area contributed by atoms with Gasteiger partial charge in [-0.15, -0.1) is 0 Å². The Morgan fingerprint density at radius 1 is 0.750 bits per heavy atom. The fourth-order valence-electron chi connectivity index (χ4n) is 3.82. The predicted octanol–water partition coefficient (Wildman–Crippen LogP) is 5.51. The first-order valence-corrected chi connectivity index (χ1v) is 11.2. The van der Waals surface area contributed by atoms with E-state index in [1.54, 1.807) is 0 Å². The van der Waals surface area contributed by atoms with Crippen molar-refractivity contribution < 1.29 is 14.6 Å². The molecular weight excluding hydrogens is 396 g/mol. The van der Waals surface area contributed by atoms with E-state index in [9.17, 15) is 4.79 Å². The van der Waals surface area contributed by atoms with Crippen LogP contribution in [0.3, 0.4) is 0 Å². The molecule has 0 amide bonds. The first-order valence-electron chi connectivity index (χ1n) is 11.2. The summed E-state index contributed by atoms with van der Waals surface area (Å²) >= 11 is 0. The molecule has 32 heavy (non-hydrogen) atoms. The molecule has 0 aliphatic rings. The first kappa shape index (κ1) is 23.5. The maximum atomic E-state index is 12.0. The summed E-state index contributed by atoms with van der Waals surface area (Å²) in [6.07, 6.45) is 3.26. The third-order valence-electron chi connectivity index (χ3n) is 5.38. The van der Waals surface area contributed by atoms with Gasteiger partial charge in [-0.05, 0) is 35.5 Å². The van der Waals surface area contributed by atoms with Crippen molar-refractivity contribution in [2.45, 2.75) is 37.7 Å². The number of carbonyl (C=O) groups is 1. The zero-order valence-corrected chi connectivity index (χ0v) is 18.4. The first-order chi connectivity index (χ1) is 15.8. The van der Waals surface area contributed by atoms with E-state index in [-0.39, 0.29) is 12.4 Å². The van der Waals surface area contributed by atoms with Crippen molar-refractivity contribution in [3.63, 3.8) is 0 Å². The third kappa shape index (κ3) is 6.17. The van der Waals surface area contributed by atoms with Crippen LogP contribution in [-0.4, -0.2) is 24.1 Å². The third-order valence-corrected chi connectivity index (χ3v) is 5.38. The molecule has 0 saturated heterocycles. The van der Waals surface area contributed by atoms with Crippen LogP contribution in [0, 0.1) is 11.8 Å². The van der Waals surface area contributed by atoms with Crippen LogP contribution in [0.2, 0.25) is 0 Å². The molecule has 0 unspecified atom stereocenters. The number of benzene rings is 3. The predicted molar refractivity (Wildman–Crippen MR) is 128 cm³/mol. The summed E-state index contributed by atoms with van der Waals surface area (Å²) in [7, 11) is 0. The van der Waals surface area contributed by atoms with Crippen LogP contribution >= 0.6 is 0 Å². The average Bonchev–Trinajstić information content (AvgIpc) is 2.86. The number of aliphatic hydroxyl groups is 1. The highest BCUT2D eigenvalue weighted by molar-refractivity contribution is 5.95. The summed E-state index contributed by atoms with van der Waals surface area (Å²) in [4.78, 5) is 12.0. The number of aliphatic hydroxyl groups excluding tert-OH is 1. The van der Waals surface area contributed by atoms with Crippen molar-refractivity contribution in [2.24, 2.45) is 0 Å². The Hall–Kier alpha value is -3.19. The Morgan fingerprint density at radius 2 is 1.25 bits per heavy atom. The number of ether oxygens (including phenoxy) is 1. The maximum Gasteiger partial charge on any atom is 0.205 e. The number of ketones is 1. The molecule has 0 saturated carbocycles. The number of carbonyl (C=O) groups excluding carboxylic acids is 1. The van der Waals surface area contributed by atoms with Crippen molar-refractivity contribution in [2.75, 3.05) is 13.2 Å². The average molecular weight is 427 g/mol. The van der Waals surface area contributed by atoms with Crippen LogP contribution in [0.15, 0.2) is 91.0 Å². The second-order valence-corrected chi connectivity index (χ2v) is 7.64. The molecule has 3 nitrogen and oxygen atoms in total. The molecular formula is C29H30O3. The summed E-state index contributed by atoms with van der Waals surface area (Å²) in [5, 5.41) is 8.82. The number of Topliss-reactive ketones (excluding diaryl/α,β-unsaturated/α-hetero) is 1. The minimum Gasteiger partial charge on any atom is -0.396 e. The van der Waals surface area contributed by atoms with Gasteiger partial charge in [-0.25, -0.2) is 0 Å². The lowest BCUT2D eigenvalue weighted by atomic mass is 9.80. The lowest BCUT2D eigenvalue weighted by Crippen LogP contribution is -2.33. The molecule has 0 atom stereocenters. The van der Waals surface area contributed by atoms with E-state index in [1.807, 2.05) is 54.6 Å². The second-order valence-electron chi connectivity index (χ2n) is 7.64. The minimum atomic E-state index is -0.764. The molecule has 0 spiro atoms. The summed E-state index contributed by atoms with van der Waals surface area (Å²) in [6, 6.07) is 30.6. The van der Waals surface area contributed by atoms with E-state index in [2.05, 4.69) is 48.2 Å². The zero-order valence-electron chi connectivity index (χ0n) is 18.4. The SMILES string of the molecule is O=C(C#CCCOC(c1ccccc1)(c1ccccc1)c1ccccc1)CCCCCO. The van der Waals surface area contributed by atoms with E-state index in [1.165, 1.54) is 0 Å². The second kappa shape index (κ2) is 12.6. The Morgan fingerprint density at radius 3 is 1.72 bits per heavy atom. The van der Waals surface area contributed by atoms with Gasteiger partial charge in [0.15, 0.2) is 0 Å². The van der Waals surface area contributed by atoms with E-state index >= 15 is 0 Å². The molecule has 0 fully saturated rings. The van der Waals surface area contributed by atoms with Gasteiger partial charge >= 0.3 is 0 Å². The Balaban J connectivity index is 1.81. The molecule has 3 aromatic carbocycles. The van der Waals surface area contributed by atoms with Crippen LogP contribution < -0.4 is 0 Å². The van der Waals surface area contributed by atoms with Gasteiger partial charge in [0, 0.05) is 19.4 Å². The summed E-state index contributed by atoms with van der Waals surface area (Å²) < 4.78 is 6.64. The smallest absolute Gasteiger partial charge is 0.205 e. The molecule has 164 valence electrons. The van der Waals surface area contributed by atoms with Crippen molar-refractivity contribution in [1.82, 2.24) is 0 Å². The lowest BCUT2D eigenvalue weighted by molar-refractivity contribution is -0.113. The lowest BCUT2D eigenvalue weighted by Gasteiger charge is -2.35. The fourth-order valence-corrected chi connectivity index (χ4v) is 3.82.